The molecule has 1 aliphatic heterocycles. The number of hydrogen-bond acceptors (Lipinski definition) is 3. The van der Waals surface area contributed by atoms with Gasteiger partial charge in [0.2, 0.25) is 0 Å². The molecular weight excluding hydrogens is 590 g/mol. The van der Waals surface area contributed by atoms with Crippen molar-refractivity contribution in [3.05, 3.63) is 175 Å². The summed E-state index contributed by atoms with van der Waals surface area (Å²) in [4.78, 5) is 34.9. The van der Waals surface area contributed by atoms with Crippen LogP contribution in [0, 0.1) is 0 Å². The quantitative estimate of drug-likeness (QED) is 0.181. The van der Waals surface area contributed by atoms with Gasteiger partial charge in [-0.15, -0.1) is 0 Å². The predicted octanol–water partition coefficient (Wildman–Crippen LogP) is 9.98. The zero-order chi connectivity index (χ0) is 32.2. The molecule has 3 heterocycles. The molecule has 0 atom stereocenters. The smallest absolute Gasteiger partial charge is 0.268 e. The van der Waals surface area contributed by atoms with Crippen molar-refractivity contribution in [3.63, 3.8) is 0 Å². The van der Waals surface area contributed by atoms with Gasteiger partial charge >= 0.3 is 0 Å². The summed E-state index contributed by atoms with van der Waals surface area (Å²) in [6, 6.07) is 49.9. The summed E-state index contributed by atoms with van der Waals surface area (Å²) < 4.78 is 2.15. The molecular formula is C43H27N3O2. The number of anilines is 1. The van der Waals surface area contributed by atoms with E-state index in [9.17, 15) is 9.59 Å². The molecule has 1 aliphatic rings. The van der Waals surface area contributed by atoms with E-state index in [1.807, 2.05) is 103 Å². The van der Waals surface area contributed by atoms with E-state index in [4.69, 9.17) is 0 Å². The third-order valence-electron chi connectivity index (χ3n) is 9.25. The van der Waals surface area contributed by atoms with Crippen molar-refractivity contribution < 1.29 is 9.59 Å². The predicted molar refractivity (Wildman–Crippen MR) is 192 cm³/mol. The second-order valence-electron chi connectivity index (χ2n) is 11.9. The Kier molecular flexibility index (Phi) is 6.37. The number of amides is 2. The van der Waals surface area contributed by atoms with Gasteiger partial charge < -0.3 is 4.57 Å². The summed E-state index contributed by atoms with van der Waals surface area (Å²) in [6.45, 7) is 0. The number of fused-ring (bicyclic) bond motifs is 4. The average molecular weight is 618 g/mol. The van der Waals surface area contributed by atoms with E-state index in [0.29, 0.717) is 22.5 Å². The van der Waals surface area contributed by atoms with Crippen molar-refractivity contribution in [1.82, 2.24) is 9.55 Å². The summed E-state index contributed by atoms with van der Waals surface area (Å²) in [6.07, 6.45) is 3.57. The van der Waals surface area contributed by atoms with Crippen LogP contribution >= 0.6 is 0 Å². The van der Waals surface area contributed by atoms with Crippen molar-refractivity contribution in [2.75, 3.05) is 4.90 Å². The minimum atomic E-state index is -0.347. The number of pyridine rings is 1. The molecule has 0 aliphatic carbocycles. The number of rotatable bonds is 5. The Balaban J connectivity index is 1.30. The average Bonchev–Trinajstić information content (AvgIpc) is 3.63. The van der Waals surface area contributed by atoms with E-state index in [1.54, 1.807) is 18.5 Å². The van der Waals surface area contributed by atoms with Gasteiger partial charge in [-0.2, -0.15) is 0 Å². The van der Waals surface area contributed by atoms with Crippen LogP contribution < -0.4 is 4.90 Å². The first-order chi connectivity index (χ1) is 23.7. The van der Waals surface area contributed by atoms with Gasteiger partial charge in [0.25, 0.3) is 11.8 Å². The zero-order valence-electron chi connectivity index (χ0n) is 25.7. The Morgan fingerprint density at radius 2 is 1.00 bits per heavy atom. The molecule has 48 heavy (non-hydrogen) atoms. The van der Waals surface area contributed by atoms with Crippen LogP contribution in [-0.2, 0) is 0 Å². The largest absolute Gasteiger partial charge is 0.308 e. The summed E-state index contributed by atoms with van der Waals surface area (Å²) in [7, 11) is 0. The van der Waals surface area contributed by atoms with E-state index >= 15 is 0 Å². The highest BCUT2D eigenvalue weighted by atomic mass is 16.2. The standard InChI is InChI=1S/C43H27N3O2/c47-42-35-20-11-23-38(45-36-21-8-7-16-33(36)34-19-9-18-32(41(34)45)29-24-26-44-27-25-29)40(35)43(48)46(42)37-22-10-17-31(28-12-3-1-4-13-28)39(37)30-14-5-2-6-15-30/h1-27H. The molecule has 5 nitrogen and oxygen atoms in total. The van der Waals surface area contributed by atoms with Gasteiger partial charge in [0.1, 0.15) is 0 Å². The van der Waals surface area contributed by atoms with E-state index in [2.05, 4.69) is 52.0 Å². The number of para-hydroxylation sites is 2. The highest BCUT2D eigenvalue weighted by Crippen LogP contribution is 2.44. The fourth-order valence-corrected chi connectivity index (χ4v) is 7.20. The molecule has 2 aromatic heterocycles. The van der Waals surface area contributed by atoms with Crippen LogP contribution in [0.1, 0.15) is 20.7 Å². The first kappa shape index (κ1) is 27.7. The molecule has 226 valence electrons. The number of hydrogen-bond donors (Lipinski definition) is 0. The van der Waals surface area contributed by atoms with Gasteiger partial charge in [0.15, 0.2) is 0 Å². The highest BCUT2D eigenvalue weighted by molar-refractivity contribution is 6.37. The van der Waals surface area contributed by atoms with Gasteiger partial charge in [0, 0.05) is 34.3 Å². The second kappa shape index (κ2) is 11.0. The number of aromatic nitrogens is 2. The lowest BCUT2D eigenvalue weighted by atomic mass is 9.92. The maximum atomic E-state index is 14.9. The molecule has 2 amide bonds. The van der Waals surface area contributed by atoms with Crippen molar-refractivity contribution in [2.45, 2.75) is 0 Å². The van der Waals surface area contributed by atoms with E-state index in [0.717, 1.165) is 55.2 Å². The molecule has 0 saturated carbocycles. The maximum absolute atomic E-state index is 14.9. The molecule has 0 fully saturated rings. The summed E-state index contributed by atoms with van der Waals surface area (Å²) in [5.41, 5.74) is 9.65. The summed E-state index contributed by atoms with van der Waals surface area (Å²) in [5, 5.41) is 2.13. The molecule has 0 unspecified atom stereocenters. The van der Waals surface area contributed by atoms with Gasteiger partial charge in [-0.05, 0) is 58.7 Å². The number of benzene rings is 6. The topological polar surface area (TPSA) is 55.2 Å². The van der Waals surface area contributed by atoms with Crippen molar-refractivity contribution in [1.29, 1.82) is 0 Å². The van der Waals surface area contributed by atoms with Gasteiger partial charge in [-0.3, -0.25) is 14.6 Å². The van der Waals surface area contributed by atoms with Crippen molar-refractivity contribution in [2.24, 2.45) is 0 Å². The Hall–Kier alpha value is -6.59. The third kappa shape index (κ3) is 4.15. The molecule has 0 radical (unpaired) electrons. The molecule has 0 N–H and O–H groups in total. The molecule has 0 saturated heterocycles. The fourth-order valence-electron chi connectivity index (χ4n) is 7.20. The van der Waals surface area contributed by atoms with Crippen LogP contribution in [0.2, 0.25) is 0 Å². The van der Waals surface area contributed by atoms with Gasteiger partial charge in [0.05, 0.1) is 33.5 Å². The Morgan fingerprint density at radius 3 is 1.77 bits per heavy atom. The molecule has 9 rings (SSSR count). The lowest BCUT2D eigenvalue weighted by Gasteiger charge is -2.22. The van der Waals surface area contributed by atoms with Crippen LogP contribution in [0.15, 0.2) is 164 Å². The second-order valence-corrected chi connectivity index (χ2v) is 11.9. The normalized spacial score (nSPS) is 12.6. The molecule has 0 spiro atoms. The van der Waals surface area contributed by atoms with E-state index < -0.39 is 0 Å². The first-order valence-electron chi connectivity index (χ1n) is 15.9. The number of carbonyl (C=O) groups is 2. The lowest BCUT2D eigenvalue weighted by Crippen LogP contribution is -2.30. The van der Waals surface area contributed by atoms with Gasteiger partial charge in [-0.1, -0.05) is 115 Å². The Labute approximate surface area is 277 Å². The molecule has 6 aromatic carbocycles. The van der Waals surface area contributed by atoms with Crippen LogP contribution in [-0.4, -0.2) is 21.4 Å². The van der Waals surface area contributed by atoms with Crippen LogP contribution in [0.25, 0.3) is 60.9 Å². The Morgan fingerprint density at radius 1 is 0.417 bits per heavy atom. The third-order valence-corrected chi connectivity index (χ3v) is 9.25. The zero-order valence-corrected chi connectivity index (χ0v) is 25.7. The van der Waals surface area contributed by atoms with E-state index in [1.165, 1.54) is 4.90 Å². The first-order valence-corrected chi connectivity index (χ1v) is 15.9. The minimum Gasteiger partial charge on any atom is -0.308 e. The number of carbonyl (C=O) groups excluding carboxylic acids is 2. The fraction of sp³-hybridized carbons (Fsp3) is 0. The van der Waals surface area contributed by atoms with Crippen LogP contribution in [0.4, 0.5) is 5.69 Å². The van der Waals surface area contributed by atoms with E-state index in [-0.39, 0.29) is 11.8 Å². The number of imide groups is 1. The molecule has 8 aromatic rings. The highest BCUT2D eigenvalue weighted by Gasteiger charge is 2.41. The SMILES string of the molecule is O=C1c2cccc(-n3c4ccccc4c4cccc(-c5ccncc5)c43)c2C(=O)N1c1cccc(-c2ccccc2)c1-c1ccccc1. The number of nitrogens with zero attached hydrogens (tertiary/aromatic N) is 3. The Bertz CT molecular complexity index is 2540. The van der Waals surface area contributed by atoms with Crippen molar-refractivity contribution in [3.8, 4) is 39.1 Å². The molecule has 5 heteroatoms. The minimum absolute atomic E-state index is 0.339. The van der Waals surface area contributed by atoms with Crippen molar-refractivity contribution >= 4 is 39.3 Å². The summed E-state index contributed by atoms with van der Waals surface area (Å²) in [5.74, 6) is -0.685. The lowest BCUT2D eigenvalue weighted by molar-refractivity contribution is 0.0926. The van der Waals surface area contributed by atoms with Crippen LogP contribution in [0.3, 0.4) is 0 Å². The summed E-state index contributed by atoms with van der Waals surface area (Å²) >= 11 is 0. The van der Waals surface area contributed by atoms with Crippen LogP contribution in [0.5, 0.6) is 0 Å². The molecule has 0 bridgehead atoms. The van der Waals surface area contributed by atoms with Gasteiger partial charge in [-0.25, -0.2) is 4.90 Å². The maximum Gasteiger partial charge on any atom is 0.268 e. The monoisotopic (exact) mass is 617 g/mol.